The molecule has 2 aromatic rings. The minimum absolute atomic E-state index is 0.0631. The van der Waals surface area contributed by atoms with E-state index in [-0.39, 0.29) is 42.4 Å². The van der Waals surface area contributed by atoms with Gasteiger partial charge in [-0.15, -0.1) is 0 Å². The zero-order valence-corrected chi connectivity index (χ0v) is 17.7. The SMILES string of the molecule is CC1=NN(CCCC(=O)O)C(=O)/C1=N\Nc1cccc(/C=C/c2cccc(F)c2C)c1O. The van der Waals surface area contributed by atoms with Crippen LogP contribution in [0.25, 0.3) is 12.2 Å². The Morgan fingerprint density at radius 2 is 1.88 bits per heavy atom. The number of carboxylic acid groups (broad SMARTS) is 1. The number of rotatable bonds is 8. The number of anilines is 1. The highest BCUT2D eigenvalue weighted by Gasteiger charge is 2.29. The van der Waals surface area contributed by atoms with Crippen molar-refractivity contribution in [1.29, 1.82) is 0 Å². The summed E-state index contributed by atoms with van der Waals surface area (Å²) >= 11 is 0. The monoisotopic (exact) mass is 438 g/mol. The van der Waals surface area contributed by atoms with Crippen molar-refractivity contribution >= 4 is 41.1 Å². The maximum Gasteiger partial charge on any atom is 0.303 e. The maximum absolute atomic E-state index is 13.7. The van der Waals surface area contributed by atoms with Gasteiger partial charge in [-0.25, -0.2) is 9.40 Å². The summed E-state index contributed by atoms with van der Waals surface area (Å²) in [5.74, 6) is -1.78. The van der Waals surface area contributed by atoms with Crippen molar-refractivity contribution in [3.63, 3.8) is 0 Å². The number of aliphatic carboxylic acids is 1. The average molecular weight is 438 g/mol. The lowest BCUT2D eigenvalue weighted by Crippen LogP contribution is -2.29. The quantitative estimate of drug-likeness (QED) is 0.329. The lowest BCUT2D eigenvalue weighted by molar-refractivity contribution is -0.137. The second-order valence-electron chi connectivity index (χ2n) is 7.21. The predicted octanol–water partition coefficient (Wildman–Crippen LogP) is 3.86. The van der Waals surface area contributed by atoms with Crippen LogP contribution >= 0.6 is 0 Å². The second kappa shape index (κ2) is 9.86. The Labute approximate surface area is 184 Å². The van der Waals surface area contributed by atoms with E-state index in [0.717, 1.165) is 0 Å². The highest BCUT2D eigenvalue weighted by Crippen LogP contribution is 2.29. The Morgan fingerprint density at radius 3 is 2.62 bits per heavy atom. The van der Waals surface area contributed by atoms with Crippen LogP contribution in [0.2, 0.25) is 0 Å². The standard InChI is InChI=1S/C23H23FN4O4/c1-14-16(6-3-8-18(14)24)11-12-17-7-4-9-19(22(17)31)25-26-21-15(2)27-28(23(21)32)13-5-10-20(29)30/h3-4,6-9,11-12,25,31H,5,10,13H2,1-2H3,(H,29,30)/b12-11+,26-21-. The first-order valence-corrected chi connectivity index (χ1v) is 9.96. The molecule has 0 bridgehead atoms. The molecule has 9 heteroatoms. The molecule has 0 radical (unpaired) electrons. The fourth-order valence-electron chi connectivity index (χ4n) is 3.10. The molecule has 1 heterocycles. The van der Waals surface area contributed by atoms with Crippen LogP contribution in [0.15, 0.2) is 46.6 Å². The zero-order valence-electron chi connectivity index (χ0n) is 17.7. The highest BCUT2D eigenvalue weighted by molar-refractivity contribution is 6.68. The van der Waals surface area contributed by atoms with Crippen LogP contribution in [0, 0.1) is 12.7 Å². The summed E-state index contributed by atoms with van der Waals surface area (Å²) in [6.45, 7) is 3.47. The number of phenols is 1. The molecule has 3 N–H and O–H groups in total. The van der Waals surface area contributed by atoms with Crippen LogP contribution in [0.4, 0.5) is 10.1 Å². The molecule has 2 aromatic carbocycles. The number of hydrogen-bond acceptors (Lipinski definition) is 6. The Balaban J connectivity index is 1.73. The Bertz CT molecular complexity index is 1140. The number of phenolic OH excluding ortho intramolecular Hbond substituents is 1. The lowest BCUT2D eigenvalue weighted by atomic mass is 10.1. The van der Waals surface area contributed by atoms with Crippen molar-refractivity contribution in [1.82, 2.24) is 5.01 Å². The fraction of sp³-hybridized carbons (Fsp3) is 0.217. The molecular formula is C23H23FN4O4. The van der Waals surface area contributed by atoms with Gasteiger partial charge < -0.3 is 10.2 Å². The number of carbonyl (C=O) groups excluding carboxylic acids is 1. The van der Waals surface area contributed by atoms with E-state index in [9.17, 15) is 19.1 Å². The van der Waals surface area contributed by atoms with Crippen LogP contribution in [0.3, 0.4) is 0 Å². The maximum atomic E-state index is 13.7. The summed E-state index contributed by atoms with van der Waals surface area (Å²) in [6.07, 6.45) is 3.58. The number of hydrogen-bond donors (Lipinski definition) is 3. The third kappa shape index (κ3) is 5.18. The van der Waals surface area contributed by atoms with Gasteiger partial charge in [-0.1, -0.05) is 36.4 Å². The first-order chi connectivity index (χ1) is 15.3. The number of nitrogens with zero attached hydrogens (tertiary/aromatic N) is 3. The van der Waals surface area contributed by atoms with Crippen molar-refractivity contribution in [2.75, 3.05) is 12.0 Å². The van der Waals surface area contributed by atoms with Crippen LogP contribution < -0.4 is 5.43 Å². The van der Waals surface area contributed by atoms with E-state index in [0.29, 0.717) is 22.4 Å². The number of nitrogens with one attached hydrogen (secondary N) is 1. The first-order valence-electron chi connectivity index (χ1n) is 9.96. The Morgan fingerprint density at radius 1 is 1.19 bits per heavy atom. The van der Waals surface area contributed by atoms with Gasteiger partial charge in [0.1, 0.15) is 11.6 Å². The van der Waals surface area contributed by atoms with Gasteiger partial charge in [0.25, 0.3) is 5.91 Å². The minimum atomic E-state index is -0.940. The largest absolute Gasteiger partial charge is 0.505 e. The molecule has 0 aliphatic carbocycles. The molecular weight excluding hydrogens is 415 g/mol. The van der Waals surface area contributed by atoms with E-state index < -0.39 is 11.9 Å². The molecule has 1 aliphatic heterocycles. The summed E-state index contributed by atoms with van der Waals surface area (Å²) in [5, 5.41) is 28.7. The number of carboxylic acids is 1. The topological polar surface area (TPSA) is 115 Å². The highest BCUT2D eigenvalue weighted by atomic mass is 19.1. The van der Waals surface area contributed by atoms with E-state index in [1.165, 1.54) is 11.1 Å². The normalized spacial score (nSPS) is 15.0. The number of para-hydroxylation sites is 1. The molecule has 0 fully saturated rings. The van der Waals surface area contributed by atoms with Gasteiger partial charge >= 0.3 is 5.97 Å². The Hall–Kier alpha value is -4.01. The summed E-state index contributed by atoms with van der Waals surface area (Å²) in [6, 6.07) is 9.77. The first kappa shape index (κ1) is 22.7. The van der Waals surface area contributed by atoms with Crippen molar-refractivity contribution in [3.8, 4) is 5.75 Å². The molecule has 166 valence electrons. The number of benzene rings is 2. The van der Waals surface area contributed by atoms with Crippen molar-refractivity contribution in [2.45, 2.75) is 26.7 Å². The van der Waals surface area contributed by atoms with Gasteiger partial charge in [-0.2, -0.15) is 10.2 Å². The lowest BCUT2D eigenvalue weighted by Gasteiger charge is -2.10. The van der Waals surface area contributed by atoms with Gasteiger partial charge in [0.05, 0.1) is 11.4 Å². The molecule has 0 unspecified atom stereocenters. The summed E-state index contributed by atoms with van der Waals surface area (Å²) in [4.78, 5) is 23.1. The molecule has 0 aromatic heterocycles. The van der Waals surface area contributed by atoms with Gasteiger partial charge in [-0.05, 0) is 43.5 Å². The predicted molar refractivity (Wildman–Crippen MR) is 121 cm³/mol. The van der Waals surface area contributed by atoms with Crippen LogP contribution in [-0.4, -0.2) is 45.1 Å². The summed E-state index contributed by atoms with van der Waals surface area (Å²) in [7, 11) is 0. The minimum Gasteiger partial charge on any atom is -0.505 e. The van der Waals surface area contributed by atoms with Gasteiger partial charge in [0.15, 0.2) is 5.71 Å². The molecule has 32 heavy (non-hydrogen) atoms. The number of hydrazone groups is 2. The fourth-order valence-corrected chi connectivity index (χ4v) is 3.10. The third-order valence-electron chi connectivity index (χ3n) is 4.92. The smallest absolute Gasteiger partial charge is 0.303 e. The van der Waals surface area contributed by atoms with E-state index in [2.05, 4.69) is 15.6 Å². The van der Waals surface area contributed by atoms with E-state index in [1.807, 2.05) is 0 Å². The number of amides is 1. The van der Waals surface area contributed by atoms with Gasteiger partial charge in [0, 0.05) is 18.5 Å². The van der Waals surface area contributed by atoms with Crippen molar-refractivity contribution in [3.05, 3.63) is 58.9 Å². The molecule has 3 rings (SSSR count). The Kier molecular flexibility index (Phi) is 6.99. The van der Waals surface area contributed by atoms with E-state index >= 15 is 0 Å². The summed E-state index contributed by atoms with van der Waals surface area (Å²) < 4.78 is 13.7. The third-order valence-corrected chi connectivity index (χ3v) is 4.92. The average Bonchev–Trinajstić information content (AvgIpc) is 3.01. The number of aromatic hydroxyl groups is 1. The van der Waals surface area contributed by atoms with Crippen LogP contribution in [-0.2, 0) is 9.59 Å². The van der Waals surface area contributed by atoms with Crippen molar-refractivity contribution < 1.29 is 24.2 Å². The molecule has 0 atom stereocenters. The molecule has 0 saturated carbocycles. The van der Waals surface area contributed by atoms with Crippen LogP contribution in [0.5, 0.6) is 5.75 Å². The molecule has 0 spiro atoms. The van der Waals surface area contributed by atoms with E-state index in [1.54, 1.807) is 56.3 Å². The molecule has 1 aliphatic rings. The van der Waals surface area contributed by atoms with E-state index in [4.69, 9.17) is 5.11 Å². The molecule has 8 nitrogen and oxygen atoms in total. The number of halogens is 1. The van der Waals surface area contributed by atoms with Gasteiger partial charge in [-0.3, -0.25) is 15.0 Å². The zero-order chi connectivity index (χ0) is 23.3. The molecule has 1 amide bonds. The van der Waals surface area contributed by atoms with Crippen molar-refractivity contribution in [2.24, 2.45) is 10.2 Å². The van der Waals surface area contributed by atoms with Crippen LogP contribution in [0.1, 0.15) is 36.5 Å². The second-order valence-corrected chi connectivity index (χ2v) is 7.21. The molecule has 0 saturated heterocycles. The number of carbonyl (C=O) groups is 2. The summed E-state index contributed by atoms with van der Waals surface area (Å²) in [5.41, 5.74) is 5.11. The van der Waals surface area contributed by atoms with Gasteiger partial charge in [0.2, 0.25) is 0 Å².